The third kappa shape index (κ3) is 2.94. The van der Waals surface area contributed by atoms with Gasteiger partial charge in [0, 0.05) is 25.3 Å². The number of esters is 4. The molecule has 0 aromatic carbocycles. The minimum absolute atomic E-state index is 0.201. The predicted octanol–water partition coefficient (Wildman–Crippen LogP) is 1.24. The zero-order valence-electron chi connectivity index (χ0n) is 20.1. The number of carbonyl (C=O) groups is 4. The fraction of sp³-hybridized carbons (Fsp3) is 0.750. The van der Waals surface area contributed by atoms with Gasteiger partial charge in [-0.1, -0.05) is 6.08 Å². The Balaban J connectivity index is 1.55. The standard InChI is InChI=1S/C24H30O10/c1-7-10(2)20(27)31-15-8-14-22(5)19(33-22)17-16(13(21(28)32-17)9-29-11(3)25)18(30-12(4)26)24(14)23(15,6)34-24/h7,13-19H,8-9H2,1-6H3/b10-7+/t13-,14+,15?,16?,17+,18-,19-,22+,23+,24+/m0/s1. The summed E-state index contributed by atoms with van der Waals surface area (Å²) in [6.07, 6.45) is -0.464. The van der Waals surface area contributed by atoms with Crippen molar-refractivity contribution in [2.75, 3.05) is 6.61 Å². The van der Waals surface area contributed by atoms with Crippen LogP contribution in [0.25, 0.3) is 0 Å². The first-order chi connectivity index (χ1) is 15.9. The van der Waals surface area contributed by atoms with E-state index in [1.54, 1.807) is 19.9 Å². The summed E-state index contributed by atoms with van der Waals surface area (Å²) >= 11 is 0. The Morgan fingerprint density at radius 3 is 2.44 bits per heavy atom. The summed E-state index contributed by atoms with van der Waals surface area (Å²) in [4.78, 5) is 49.2. The highest BCUT2D eigenvalue weighted by atomic mass is 16.7. The van der Waals surface area contributed by atoms with Crippen LogP contribution in [-0.2, 0) is 47.6 Å². The summed E-state index contributed by atoms with van der Waals surface area (Å²) in [5.74, 6) is -3.82. The lowest BCUT2D eigenvalue weighted by Crippen LogP contribution is -2.51. The lowest BCUT2D eigenvalue weighted by atomic mass is 9.74. The van der Waals surface area contributed by atoms with E-state index in [2.05, 4.69) is 0 Å². The van der Waals surface area contributed by atoms with Crippen molar-refractivity contribution < 1.29 is 47.6 Å². The zero-order chi connectivity index (χ0) is 24.8. The molecule has 2 aliphatic carbocycles. The summed E-state index contributed by atoms with van der Waals surface area (Å²) in [6.45, 7) is 9.55. The van der Waals surface area contributed by atoms with Crippen LogP contribution in [0.15, 0.2) is 11.6 Å². The molecule has 186 valence electrons. The molecule has 0 amide bonds. The molecule has 0 aromatic rings. The number of rotatable bonds is 5. The molecule has 3 saturated heterocycles. The minimum Gasteiger partial charge on any atom is -0.465 e. The first-order valence-electron chi connectivity index (χ1n) is 11.6. The van der Waals surface area contributed by atoms with Gasteiger partial charge in [-0.25, -0.2) is 4.79 Å². The van der Waals surface area contributed by atoms with Gasteiger partial charge in [-0.3, -0.25) is 14.4 Å². The molecule has 34 heavy (non-hydrogen) atoms. The van der Waals surface area contributed by atoms with Crippen molar-refractivity contribution in [2.24, 2.45) is 17.8 Å². The van der Waals surface area contributed by atoms with Gasteiger partial charge in [0.05, 0.1) is 5.92 Å². The van der Waals surface area contributed by atoms with Crippen molar-refractivity contribution in [3.63, 3.8) is 0 Å². The molecule has 10 heteroatoms. The summed E-state index contributed by atoms with van der Waals surface area (Å²) in [7, 11) is 0. The monoisotopic (exact) mass is 478 g/mol. The van der Waals surface area contributed by atoms with Gasteiger partial charge in [0.15, 0.2) is 0 Å². The Labute approximate surface area is 197 Å². The molecule has 2 saturated carbocycles. The molecule has 3 heterocycles. The van der Waals surface area contributed by atoms with Gasteiger partial charge in [0.1, 0.15) is 53.7 Å². The van der Waals surface area contributed by atoms with Crippen molar-refractivity contribution in [1.82, 2.24) is 0 Å². The normalized spacial score (nSPS) is 47.8. The summed E-state index contributed by atoms with van der Waals surface area (Å²) in [5.41, 5.74) is -2.24. The minimum atomic E-state index is -1.04. The summed E-state index contributed by atoms with van der Waals surface area (Å²) in [5, 5.41) is 0. The van der Waals surface area contributed by atoms with Gasteiger partial charge in [-0.2, -0.15) is 0 Å². The average molecular weight is 478 g/mol. The van der Waals surface area contributed by atoms with Crippen molar-refractivity contribution in [2.45, 2.75) is 89.2 Å². The highest BCUT2D eigenvalue weighted by Gasteiger charge is 2.92. The van der Waals surface area contributed by atoms with Crippen molar-refractivity contribution in [1.29, 1.82) is 0 Å². The van der Waals surface area contributed by atoms with Crippen LogP contribution in [0.5, 0.6) is 0 Å². The van der Waals surface area contributed by atoms with Gasteiger partial charge in [-0.15, -0.1) is 0 Å². The van der Waals surface area contributed by atoms with Gasteiger partial charge < -0.3 is 28.4 Å². The van der Waals surface area contributed by atoms with E-state index >= 15 is 0 Å². The number of hydrogen-bond acceptors (Lipinski definition) is 10. The van der Waals surface area contributed by atoms with E-state index in [1.165, 1.54) is 13.8 Å². The number of hydrogen-bond donors (Lipinski definition) is 0. The van der Waals surface area contributed by atoms with Crippen LogP contribution in [-0.4, -0.2) is 71.7 Å². The SMILES string of the molecule is C/C=C(\C)C(=O)OC1C[C@@H]2[C@@]3(C)O[C@H]3[C@@H]3OC(=O)[C@@H](COC(C)=O)C3[C@H](OC(C)=O)[C@]23O[C@]13C. The first kappa shape index (κ1) is 23.3. The number of carbonyl (C=O) groups excluding carboxylic acids is 4. The maximum atomic E-state index is 12.8. The van der Waals surface area contributed by atoms with E-state index in [0.29, 0.717) is 12.0 Å². The molecule has 0 aromatic heterocycles. The second-order valence-electron chi connectivity index (χ2n) is 10.3. The molecule has 10 atom stereocenters. The number of allylic oxidation sites excluding steroid dienone is 1. The van der Waals surface area contributed by atoms with E-state index in [4.69, 9.17) is 28.4 Å². The van der Waals surface area contributed by atoms with Crippen LogP contribution in [0.4, 0.5) is 0 Å². The van der Waals surface area contributed by atoms with Crippen LogP contribution in [0.1, 0.15) is 48.0 Å². The van der Waals surface area contributed by atoms with Crippen molar-refractivity contribution in [3.8, 4) is 0 Å². The second-order valence-corrected chi connectivity index (χ2v) is 10.3. The predicted molar refractivity (Wildman–Crippen MR) is 112 cm³/mol. The van der Waals surface area contributed by atoms with E-state index in [0.717, 1.165) is 0 Å². The molecule has 0 bridgehead atoms. The first-order valence-corrected chi connectivity index (χ1v) is 11.6. The van der Waals surface area contributed by atoms with Crippen LogP contribution < -0.4 is 0 Å². The maximum absolute atomic E-state index is 12.8. The van der Waals surface area contributed by atoms with Gasteiger partial charge >= 0.3 is 23.9 Å². The second kappa shape index (κ2) is 7.27. The molecular weight excluding hydrogens is 448 g/mol. The van der Waals surface area contributed by atoms with Crippen LogP contribution in [0.3, 0.4) is 0 Å². The Hall–Kier alpha value is -2.46. The molecule has 5 fully saturated rings. The summed E-state index contributed by atoms with van der Waals surface area (Å²) < 4.78 is 35.2. The lowest BCUT2D eigenvalue weighted by Gasteiger charge is -2.34. The number of fused-ring (bicyclic) bond motifs is 4. The quantitative estimate of drug-likeness (QED) is 0.246. The molecular formula is C24H30O10. The summed E-state index contributed by atoms with van der Waals surface area (Å²) in [6, 6.07) is 0. The fourth-order valence-electron chi connectivity index (χ4n) is 6.64. The molecule has 0 N–H and O–H groups in total. The van der Waals surface area contributed by atoms with Crippen molar-refractivity contribution in [3.05, 3.63) is 11.6 Å². The van der Waals surface area contributed by atoms with Gasteiger partial charge in [0.2, 0.25) is 0 Å². The molecule has 10 nitrogen and oxygen atoms in total. The largest absolute Gasteiger partial charge is 0.465 e. The Bertz CT molecular complexity index is 1000. The molecule has 5 aliphatic rings. The smallest absolute Gasteiger partial charge is 0.333 e. The van der Waals surface area contributed by atoms with Gasteiger partial charge in [-0.05, 0) is 34.1 Å². The molecule has 2 unspecified atom stereocenters. The van der Waals surface area contributed by atoms with Gasteiger partial charge in [0.25, 0.3) is 0 Å². The fourth-order valence-corrected chi connectivity index (χ4v) is 6.64. The highest BCUT2D eigenvalue weighted by Crippen LogP contribution is 2.74. The maximum Gasteiger partial charge on any atom is 0.333 e. The van der Waals surface area contributed by atoms with E-state index in [1.807, 2.05) is 13.8 Å². The zero-order valence-corrected chi connectivity index (χ0v) is 20.1. The molecule has 3 aliphatic heterocycles. The third-order valence-corrected chi connectivity index (χ3v) is 8.51. The lowest BCUT2D eigenvalue weighted by molar-refractivity contribution is -0.162. The highest BCUT2D eigenvalue weighted by molar-refractivity contribution is 5.88. The van der Waals surface area contributed by atoms with Crippen LogP contribution in [0.2, 0.25) is 0 Å². The van der Waals surface area contributed by atoms with Crippen LogP contribution >= 0.6 is 0 Å². The molecule has 0 radical (unpaired) electrons. The molecule has 1 spiro atoms. The number of epoxide rings is 2. The van der Waals surface area contributed by atoms with Crippen molar-refractivity contribution >= 4 is 23.9 Å². The Kier molecular flexibility index (Phi) is 4.98. The number of ether oxygens (including phenoxy) is 6. The topological polar surface area (TPSA) is 130 Å². The molecule has 5 rings (SSSR count). The van der Waals surface area contributed by atoms with Crippen LogP contribution in [0, 0.1) is 17.8 Å². The Morgan fingerprint density at radius 1 is 1.12 bits per heavy atom. The third-order valence-electron chi connectivity index (χ3n) is 8.51. The Morgan fingerprint density at radius 2 is 1.82 bits per heavy atom. The van der Waals surface area contributed by atoms with E-state index < -0.39 is 76.9 Å². The average Bonchev–Trinajstić information content (AvgIpc) is 3.55. The van der Waals surface area contributed by atoms with E-state index in [-0.39, 0.29) is 12.5 Å². The van der Waals surface area contributed by atoms with E-state index in [9.17, 15) is 19.2 Å².